The fourth-order valence-electron chi connectivity index (χ4n) is 3.71. The zero-order valence-corrected chi connectivity index (χ0v) is 15.6. The molecule has 1 aromatic heterocycles. The fraction of sp³-hybridized carbons (Fsp3) is 0.722. The first kappa shape index (κ1) is 17.9. The van der Waals surface area contributed by atoms with Gasteiger partial charge >= 0.3 is 0 Å². The Labute approximate surface area is 148 Å². The molecule has 25 heavy (non-hydrogen) atoms. The second kappa shape index (κ2) is 6.78. The van der Waals surface area contributed by atoms with Gasteiger partial charge in [-0.15, -0.1) is 0 Å². The van der Waals surface area contributed by atoms with Gasteiger partial charge in [-0.25, -0.2) is 0 Å². The molecule has 0 radical (unpaired) electrons. The van der Waals surface area contributed by atoms with Crippen molar-refractivity contribution in [1.29, 1.82) is 0 Å². The Bertz CT molecular complexity index is 662. The smallest absolute Gasteiger partial charge is 0.228 e. The summed E-state index contributed by atoms with van der Waals surface area (Å²) in [6.45, 7) is 9.26. The predicted molar refractivity (Wildman–Crippen MR) is 92.9 cm³/mol. The van der Waals surface area contributed by atoms with Crippen molar-refractivity contribution >= 4 is 11.8 Å². The van der Waals surface area contributed by atoms with Gasteiger partial charge < -0.3 is 14.5 Å². The minimum absolute atomic E-state index is 0.0497. The van der Waals surface area contributed by atoms with Crippen molar-refractivity contribution < 1.29 is 14.3 Å². The van der Waals surface area contributed by atoms with Crippen molar-refractivity contribution in [2.24, 2.45) is 5.92 Å². The zero-order chi connectivity index (χ0) is 18.2. The molecule has 138 valence electrons. The highest BCUT2D eigenvalue weighted by Gasteiger charge is 2.37. The molecule has 7 heteroatoms. The summed E-state index contributed by atoms with van der Waals surface area (Å²) in [6, 6.07) is 0. The first-order chi connectivity index (χ1) is 11.8. The highest BCUT2D eigenvalue weighted by Crippen LogP contribution is 2.27. The van der Waals surface area contributed by atoms with Crippen LogP contribution in [0.4, 0.5) is 0 Å². The molecule has 2 amide bonds. The Kier molecular flexibility index (Phi) is 4.86. The van der Waals surface area contributed by atoms with Crippen molar-refractivity contribution in [2.45, 2.75) is 45.7 Å². The van der Waals surface area contributed by atoms with Crippen LogP contribution in [-0.2, 0) is 32.8 Å². The van der Waals surface area contributed by atoms with E-state index in [0.717, 1.165) is 12.0 Å². The van der Waals surface area contributed by atoms with Crippen molar-refractivity contribution in [3.63, 3.8) is 0 Å². The number of carbonyl (C=O) groups is 2. The zero-order valence-electron chi connectivity index (χ0n) is 15.6. The molecule has 1 saturated heterocycles. The van der Waals surface area contributed by atoms with Crippen LogP contribution in [0.5, 0.6) is 0 Å². The summed E-state index contributed by atoms with van der Waals surface area (Å²) in [5.74, 6) is -0.0976. The molecule has 3 heterocycles. The Morgan fingerprint density at radius 3 is 2.84 bits per heavy atom. The maximum absolute atomic E-state index is 12.9. The molecule has 0 saturated carbocycles. The van der Waals surface area contributed by atoms with E-state index < -0.39 is 0 Å². The summed E-state index contributed by atoms with van der Waals surface area (Å²) in [5, 5.41) is 4.52. The molecule has 7 nitrogen and oxygen atoms in total. The van der Waals surface area contributed by atoms with Crippen molar-refractivity contribution in [3.05, 3.63) is 17.5 Å². The van der Waals surface area contributed by atoms with Gasteiger partial charge in [0.2, 0.25) is 11.8 Å². The lowest BCUT2D eigenvalue weighted by Crippen LogP contribution is -2.41. The molecule has 1 unspecified atom stereocenters. The summed E-state index contributed by atoms with van der Waals surface area (Å²) in [6.07, 6.45) is 3.00. The first-order valence-electron chi connectivity index (χ1n) is 8.93. The van der Waals surface area contributed by atoms with Gasteiger partial charge in [0.1, 0.15) is 0 Å². The van der Waals surface area contributed by atoms with Gasteiger partial charge in [0.05, 0.1) is 24.3 Å². The Morgan fingerprint density at radius 1 is 1.40 bits per heavy atom. The van der Waals surface area contributed by atoms with Crippen LogP contribution in [0.3, 0.4) is 0 Å². The highest BCUT2D eigenvalue weighted by atomic mass is 16.5. The van der Waals surface area contributed by atoms with Gasteiger partial charge in [-0.3, -0.25) is 14.3 Å². The SMILES string of the molecule is COCCN1CC(C(=O)N2CCc3c(cnn3C(C)(C)C)C2)CC1=O. The van der Waals surface area contributed by atoms with Crippen LogP contribution in [0.1, 0.15) is 38.4 Å². The lowest BCUT2D eigenvalue weighted by atomic mass is 10.0. The van der Waals surface area contributed by atoms with E-state index in [1.807, 2.05) is 11.1 Å². The molecule has 0 N–H and O–H groups in total. The molecule has 1 atom stereocenters. The number of rotatable bonds is 4. The highest BCUT2D eigenvalue weighted by molar-refractivity contribution is 5.89. The number of hydrogen-bond donors (Lipinski definition) is 0. The first-order valence-corrected chi connectivity index (χ1v) is 8.93. The number of ether oxygens (including phenoxy) is 1. The summed E-state index contributed by atoms with van der Waals surface area (Å²) in [7, 11) is 1.62. The van der Waals surface area contributed by atoms with E-state index in [0.29, 0.717) is 39.2 Å². The van der Waals surface area contributed by atoms with E-state index in [1.54, 1.807) is 12.0 Å². The molecule has 1 aromatic rings. The van der Waals surface area contributed by atoms with Crippen LogP contribution in [-0.4, -0.2) is 64.7 Å². The minimum Gasteiger partial charge on any atom is -0.383 e. The average molecular weight is 348 g/mol. The summed E-state index contributed by atoms with van der Waals surface area (Å²) in [4.78, 5) is 28.6. The largest absolute Gasteiger partial charge is 0.383 e. The van der Waals surface area contributed by atoms with Gasteiger partial charge in [0.25, 0.3) is 0 Å². The second-order valence-electron chi connectivity index (χ2n) is 7.94. The van der Waals surface area contributed by atoms with Crippen LogP contribution in [0, 0.1) is 5.92 Å². The van der Waals surface area contributed by atoms with Crippen molar-refractivity contribution in [3.8, 4) is 0 Å². The van der Waals surface area contributed by atoms with Crippen LogP contribution < -0.4 is 0 Å². The van der Waals surface area contributed by atoms with Gasteiger partial charge in [-0.05, 0) is 20.8 Å². The quantitative estimate of drug-likeness (QED) is 0.815. The molecule has 0 aliphatic carbocycles. The topological polar surface area (TPSA) is 67.7 Å². The van der Waals surface area contributed by atoms with E-state index in [4.69, 9.17) is 4.74 Å². The third kappa shape index (κ3) is 3.56. The summed E-state index contributed by atoms with van der Waals surface area (Å²) in [5.41, 5.74) is 2.29. The maximum Gasteiger partial charge on any atom is 0.228 e. The molecular weight excluding hydrogens is 320 g/mol. The van der Waals surface area contributed by atoms with Gasteiger partial charge in [0, 0.05) is 57.4 Å². The molecule has 2 aliphatic rings. The van der Waals surface area contributed by atoms with Gasteiger partial charge in [-0.1, -0.05) is 0 Å². The Morgan fingerprint density at radius 2 is 2.16 bits per heavy atom. The number of fused-ring (bicyclic) bond motifs is 1. The van der Waals surface area contributed by atoms with Crippen LogP contribution in [0.25, 0.3) is 0 Å². The van der Waals surface area contributed by atoms with E-state index in [-0.39, 0.29) is 23.3 Å². The second-order valence-corrected chi connectivity index (χ2v) is 7.94. The number of methoxy groups -OCH3 is 1. The van der Waals surface area contributed by atoms with Gasteiger partial charge in [0.15, 0.2) is 0 Å². The number of aromatic nitrogens is 2. The molecule has 3 rings (SSSR count). The lowest BCUT2D eigenvalue weighted by molar-refractivity contribution is -0.136. The normalized spacial score (nSPS) is 21.0. The van der Waals surface area contributed by atoms with E-state index in [1.165, 1.54) is 5.69 Å². The van der Waals surface area contributed by atoms with E-state index >= 15 is 0 Å². The monoisotopic (exact) mass is 348 g/mol. The molecule has 0 aromatic carbocycles. The number of amides is 2. The number of nitrogens with zero attached hydrogens (tertiary/aromatic N) is 4. The summed E-state index contributed by atoms with van der Waals surface area (Å²) < 4.78 is 7.10. The van der Waals surface area contributed by atoms with E-state index in [9.17, 15) is 9.59 Å². The predicted octanol–water partition coefficient (Wildman–Crippen LogP) is 1.02. The minimum atomic E-state index is -0.233. The Balaban J connectivity index is 1.65. The third-order valence-electron chi connectivity index (χ3n) is 5.01. The molecule has 2 aliphatic heterocycles. The fourth-order valence-corrected chi connectivity index (χ4v) is 3.71. The number of likely N-dealkylation sites (tertiary alicyclic amines) is 1. The third-order valence-corrected chi connectivity index (χ3v) is 5.01. The lowest BCUT2D eigenvalue weighted by Gasteiger charge is -2.31. The Hall–Kier alpha value is -1.89. The molecular formula is C18H28N4O3. The maximum atomic E-state index is 12.9. The number of carbonyl (C=O) groups excluding carboxylic acids is 2. The van der Waals surface area contributed by atoms with Crippen molar-refractivity contribution in [2.75, 3.05) is 33.4 Å². The summed E-state index contributed by atoms with van der Waals surface area (Å²) >= 11 is 0. The standard InChI is InChI=1S/C18H28N4O3/c1-18(2,3)22-15-5-6-21(12-14(15)10-19-22)17(24)13-9-16(23)20(11-13)7-8-25-4/h10,13H,5-9,11-12H2,1-4H3. The van der Waals surface area contributed by atoms with E-state index in [2.05, 4.69) is 30.6 Å². The molecule has 0 spiro atoms. The van der Waals surface area contributed by atoms with Crippen LogP contribution in [0.2, 0.25) is 0 Å². The van der Waals surface area contributed by atoms with Crippen molar-refractivity contribution in [1.82, 2.24) is 19.6 Å². The average Bonchev–Trinajstić information content (AvgIpc) is 3.14. The van der Waals surface area contributed by atoms with Gasteiger partial charge in [-0.2, -0.15) is 5.10 Å². The molecule has 1 fully saturated rings. The molecule has 0 bridgehead atoms. The number of hydrogen-bond acceptors (Lipinski definition) is 4. The van der Waals surface area contributed by atoms with Crippen LogP contribution in [0.15, 0.2) is 6.20 Å². The van der Waals surface area contributed by atoms with Crippen LogP contribution >= 0.6 is 0 Å².